The molecule has 0 nitrogen and oxygen atoms in total. The van der Waals surface area contributed by atoms with Crippen molar-refractivity contribution in [3.05, 3.63) is 0 Å². The fourth-order valence-electron chi connectivity index (χ4n) is 0. The Morgan fingerprint density at radius 2 is 0.500 bits per heavy atom. The van der Waals surface area contributed by atoms with Crippen LogP contribution in [0.3, 0.4) is 0 Å². The van der Waals surface area contributed by atoms with Crippen molar-refractivity contribution in [2.24, 2.45) is 0 Å². The SMILES string of the molecule is F.F.F.F.[F-].[Na+]. The van der Waals surface area contributed by atoms with E-state index in [1.807, 2.05) is 0 Å². The molecule has 0 aliphatic heterocycles. The van der Waals surface area contributed by atoms with Crippen LogP contribution < -0.4 is 34.3 Å². The molecule has 0 aliphatic rings. The summed E-state index contributed by atoms with van der Waals surface area (Å²) in [6, 6.07) is 0. The predicted molar refractivity (Wildman–Crippen MR) is 10.0 cm³/mol. The molecule has 0 atom stereocenters. The van der Waals surface area contributed by atoms with Gasteiger partial charge >= 0.3 is 29.6 Å². The van der Waals surface area contributed by atoms with Crippen LogP contribution in [0.25, 0.3) is 0 Å². The molecule has 0 aromatic heterocycles. The Balaban J connectivity index is 0. The van der Waals surface area contributed by atoms with Crippen molar-refractivity contribution < 1.29 is 53.1 Å². The van der Waals surface area contributed by atoms with E-state index in [9.17, 15) is 0 Å². The first-order chi connectivity index (χ1) is 0. The van der Waals surface area contributed by atoms with E-state index >= 15 is 0 Å². The fourth-order valence-corrected chi connectivity index (χ4v) is 0. The molecule has 6 heteroatoms. The monoisotopic (exact) mass is 122 g/mol. The maximum absolute atomic E-state index is 0. The van der Waals surface area contributed by atoms with Gasteiger partial charge in [-0.05, 0) is 0 Å². The minimum Gasteiger partial charge on any atom is -1.00 e. The van der Waals surface area contributed by atoms with Crippen molar-refractivity contribution in [2.75, 3.05) is 0 Å². The van der Waals surface area contributed by atoms with Gasteiger partial charge in [-0.3, -0.25) is 18.8 Å². The Kier molecular flexibility index (Phi) is 24200. The van der Waals surface area contributed by atoms with Crippen LogP contribution in [0.1, 0.15) is 0 Å². The largest absolute Gasteiger partial charge is 1.00 e. The molecule has 0 bridgehead atoms. The first kappa shape index (κ1) is 502. The predicted octanol–water partition coefficient (Wildman–Crippen LogP) is -5.38. The van der Waals surface area contributed by atoms with E-state index in [1.165, 1.54) is 0 Å². The molecular weight excluding hydrogens is 118 g/mol. The quantitative estimate of drug-likeness (QED) is 0.222. The molecule has 0 aliphatic carbocycles. The van der Waals surface area contributed by atoms with E-state index in [4.69, 9.17) is 0 Å². The minimum absolute atomic E-state index is 0. The second-order valence-corrected chi connectivity index (χ2v) is 0. The summed E-state index contributed by atoms with van der Waals surface area (Å²) < 4.78 is 0. The molecule has 0 spiro atoms. The third kappa shape index (κ3) is 147. The van der Waals surface area contributed by atoms with Crippen molar-refractivity contribution in [1.82, 2.24) is 0 Å². The molecule has 0 radical (unpaired) electrons. The Hall–Kier alpha value is 0.650. The summed E-state index contributed by atoms with van der Waals surface area (Å²) in [6.45, 7) is 0. The van der Waals surface area contributed by atoms with Gasteiger partial charge < -0.3 is 4.70 Å². The average molecular weight is 122 g/mol. The van der Waals surface area contributed by atoms with Crippen LogP contribution in [0.5, 0.6) is 0 Å². The topological polar surface area (TPSA) is 0 Å². The third-order valence-corrected chi connectivity index (χ3v) is 0. The summed E-state index contributed by atoms with van der Waals surface area (Å²) in [6.07, 6.45) is 0. The van der Waals surface area contributed by atoms with Gasteiger partial charge in [0.25, 0.3) is 0 Å². The first-order valence-corrected chi connectivity index (χ1v) is 0. The second-order valence-electron chi connectivity index (χ2n) is 0. The maximum Gasteiger partial charge on any atom is 1.00 e. The van der Waals surface area contributed by atoms with Gasteiger partial charge in [0.15, 0.2) is 0 Å². The molecule has 0 N–H and O–H groups in total. The van der Waals surface area contributed by atoms with Gasteiger partial charge in [-0.15, -0.1) is 0 Å². The Labute approximate surface area is 53.4 Å². The van der Waals surface area contributed by atoms with Crippen LogP contribution in [-0.4, -0.2) is 0 Å². The van der Waals surface area contributed by atoms with Gasteiger partial charge in [0.2, 0.25) is 0 Å². The van der Waals surface area contributed by atoms with Gasteiger partial charge in [0.05, 0.1) is 0 Å². The molecule has 0 heterocycles. The van der Waals surface area contributed by atoms with E-state index < -0.39 is 0 Å². The van der Waals surface area contributed by atoms with E-state index in [0.29, 0.717) is 0 Å². The zero-order valence-corrected chi connectivity index (χ0v) is 5.01. The van der Waals surface area contributed by atoms with Crippen molar-refractivity contribution in [2.45, 2.75) is 0 Å². The summed E-state index contributed by atoms with van der Waals surface area (Å²) >= 11 is 0. The summed E-state index contributed by atoms with van der Waals surface area (Å²) in [5, 5.41) is 0. The normalized spacial score (nSPS) is 0. The fraction of sp³-hybridized carbons (Fsp3) is 0. The number of hydrogen-bond acceptors (Lipinski definition) is 0. The minimum atomic E-state index is 0. The summed E-state index contributed by atoms with van der Waals surface area (Å²) in [7, 11) is 0. The smallest absolute Gasteiger partial charge is 1.00 e. The van der Waals surface area contributed by atoms with Crippen LogP contribution in [0, 0.1) is 0 Å². The molecule has 0 aromatic rings. The van der Waals surface area contributed by atoms with Crippen LogP contribution in [0.15, 0.2) is 0 Å². The Bertz CT molecular complexity index is 3.90. The average Bonchev–Trinajstić information content (AvgIpc) is 0. The third-order valence-electron chi connectivity index (χ3n) is 0. The van der Waals surface area contributed by atoms with Gasteiger partial charge in [-0.2, -0.15) is 0 Å². The molecule has 6 heavy (non-hydrogen) atoms. The molecule has 40 valence electrons. The summed E-state index contributed by atoms with van der Waals surface area (Å²) in [4.78, 5) is 0. The Morgan fingerprint density at radius 1 is 0.500 bits per heavy atom. The van der Waals surface area contributed by atoms with Gasteiger partial charge in [-0.25, -0.2) is 0 Å². The second kappa shape index (κ2) is 289. The molecule has 0 fully saturated rings. The van der Waals surface area contributed by atoms with Gasteiger partial charge in [-0.1, -0.05) is 0 Å². The van der Waals surface area contributed by atoms with E-state index in [-0.39, 0.29) is 53.1 Å². The number of hydrogen-bond donors (Lipinski definition) is 0. The van der Waals surface area contributed by atoms with Gasteiger partial charge in [0, 0.05) is 0 Å². The van der Waals surface area contributed by atoms with Crippen molar-refractivity contribution in [1.29, 1.82) is 0 Å². The first-order valence-electron chi connectivity index (χ1n) is 0. The molecule has 0 unspecified atom stereocenters. The van der Waals surface area contributed by atoms with Crippen molar-refractivity contribution in [3.8, 4) is 0 Å². The van der Waals surface area contributed by atoms with Gasteiger partial charge in [0.1, 0.15) is 0 Å². The van der Waals surface area contributed by atoms with Crippen LogP contribution in [0.4, 0.5) is 18.8 Å². The van der Waals surface area contributed by atoms with E-state index in [1.54, 1.807) is 0 Å². The van der Waals surface area contributed by atoms with Crippen molar-refractivity contribution in [3.63, 3.8) is 0 Å². The molecule has 0 saturated carbocycles. The number of halogens is 5. The van der Waals surface area contributed by atoms with Crippen LogP contribution >= 0.6 is 0 Å². The van der Waals surface area contributed by atoms with E-state index in [0.717, 1.165) is 0 Å². The standard InChI is InChI=1S/5FH.Na/h5*1H;/q;;;;;+1/p-1. The molecule has 0 rings (SSSR count). The molecule has 0 aromatic carbocycles. The molecular formula is H4F5Na. The zero-order chi connectivity index (χ0) is 0. The number of rotatable bonds is 0. The summed E-state index contributed by atoms with van der Waals surface area (Å²) in [5.74, 6) is 0. The zero-order valence-electron chi connectivity index (χ0n) is 3.01. The maximum atomic E-state index is 0. The molecule has 0 amide bonds. The molecule has 0 saturated heterocycles. The van der Waals surface area contributed by atoms with Crippen LogP contribution in [0.2, 0.25) is 0 Å². The van der Waals surface area contributed by atoms with E-state index in [2.05, 4.69) is 0 Å². The Morgan fingerprint density at radius 3 is 0.500 bits per heavy atom. The summed E-state index contributed by atoms with van der Waals surface area (Å²) in [5.41, 5.74) is 0. The van der Waals surface area contributed by atoms with Crippen LogP contribution in [-0.2, 0) is 0 Å². The van der Waals surface area contributed by atoms with Crippen molar-refractivity contribution >= 4 is 0 Å².